The third-order valence-electron chi connectivity index (χ3n) is 3.41. The zero-order valence-corrected chi connectivity index (χ0v) is 10.9. The summed E-state index contributed by atoms with van der Waals surface area (Å²) in [5, 5.41) is 16.2. The molecular formula is C13H17N5O. The van der Waals surface area contributed by atoms with Crippen LogP contribution in [-0.4, -0.2) is 40.4 Å². The summed E-state index contributed by atoms with van der Waals surface area (Å²) >= 11 is 0. The summed E-state index contributed by atoms with van der Waals surface area (Å²) in [6.45, 7) is 2.02. The van der Waals surface area contributed by atoms with Crippen LogP contribution in [0.4, 0.5) is 0 Å². The Bertz CT molecular complexity index is 547. The molecule has 6 heteroatoms. The summed E-state index contributed by atoms with van der Waals surface area (Å²) in [5.41, 5.74) is 0.880. The van der Waals surface area contributed by atoms with Crippen molar-refractivity contribution >= 4 is 0 Å². The highest BCUT2D eigenvalue weighted by Gasteiger charge is 2.19. The lowest BCUT2D eigenvalue weighted by Gasteiger charge is -2.20. The van der Waals surface area contributed by atoms with Gasteiger partial charge in [-0.2, -0.15) is 4.80 Å². The lowest BCUT2D eigenvalue weighted by molar-refractivity contribution is 0.309. The number of nitrogens with zero attached hydrogens (tertiary/aromatic N) is 4. The van der Waals surface area contributed by atoms with E-state index in [1.165, 1.54) is 0 Å². The average Bonchev–Trinajstić information content (AvgIpc) is 2.98. The minimum atomic E-state index is 0.345. The molecule has 1 saturated heterocycles. The number of ether oxygens (including phenoxy) is 1. The Morgan fingerprint density at radius 3 is 2.84 bits per heavy atom. The average molecular weight is 259 g/mol. The van der Waals surface area contributed by atoms with Crippen molar-refractivity contribution in [3.63, 3.8) is 0 Å². The van der Waals surface area contributed by atoms with Gasteiger partial charge >= 0.3 is 0 Å². The maximum atomic E-state index is 5.33. The molecule has 0 amide bonds. The van der Waals surface area contributed by atoms with Gasteiger partial charge < -0.3 is 10.1 Å². The molecule has 1 aliphatic heterocycles. The second-order valence-electron chi connectivity index (χ2n) is 4.61. The number of nitrogens with one attached hydrogen (secondary N) is 1. The van der Waals surface area contributed by atoms with Crippen LogP contribution in [0.5, 0.6) is 5.75 Å². The van der Waals surface area contributed by atoms with Crippen molar-refractivity contribution in [1.29, 1.82) is 0 Å². The van der Waals surface area contributed by atoms with Gasteiger partial charge in [0.05, 0.1) is 18.7 Å². The van der Waals surface area contributed by atoms with E-state index in [4.69, 9.17) is 4.74 Å². The Balaban J connectivity index is 1.88. The Hall–Kier alpha value is -1.95. The molecule has 100 valence electrons. The molecule has 0 spiro atoms. The summed E-state index contributed by atoms with van der Waals surface area (Å²) in [7, 11) is 1.65. The summed E-state index contributed by atoms with van der Waals surface area (Å²) in [6.07, 6.45) is 2.09. The normalized spacial score (nSPS) is 16.5. The molecule has 2 aromatic rings. The van der Waals surface area contributed by atoms with Gasteiger partial charge in [0.1, 0.15) is 5.75 Å². The van der Waals surface area contributed by atoms with Crippen LogP contribution in [0.2, 0.25) is 0 Å². The topological polar surface area (TPSA) is 64.9 Å². The van der Waals surface area contributed by atoms with Crippen molar-refractivity contribution in [2.45, 2.75) is 18.9 Å². The van der Waals surface area contributed by atoms with Crippen LogP contribution in [-0.2, 0) is 0 Å². The van der Waals surface area contributed by atoms with Crippen LogP contribution in [0, 0.1) is 0 Å². The van der Waals surface area contributed by atoms with Crippen LogP contribution < -0.4 is 10.1 Å². The zero-order valence-electron chi connectivity index (χ0n) is 10.9. The monoisotopic (exact) mass is 259 g/mol. The molecule has 1 aliphatic rings. The first kappa shape index (κ1) is 12.1. The lowest BCUT2D eigenvalue weighted by atomic mass is 10.1. The van der Waals surface area contributed by atoms with Crippen LogP contribution in [0.1, 0.15) is 18.9 Å². The lowest BCUT2D eigenvalue weighted by Crippen LogP contribution is -2.30. The number of aromatic nitrogens is 4. The van der Waals surface area contributed by atoms with E-state index in [1.807, 2.05) is 24.3 Å². The minimum Gasteiger partial charge on any atom is -0.496 e. The molecule has 0 atom stereocenters. The van der Waals surface area contributed by atoms with Crippen LogP contribution >= 0.6 is 0 Å². The molecule has 1 fully saturated rings. The van der Waals surface area contributed by atoms with E-state index in [2.05, 4.69) is 20.7 Å². The van der Waals surface area contributed by atoms with Crippen molar-refractivity contribution in [2.24, 2.45) is 0 Å². The molecule has 0 saturated carbocycles. The molecule has 1 aromatic heterocycles. The van der Waals surface area contributed by atoms with Gasteiger partial charge in [0, 0.05) is 0 Å². The third-order valence-corrected chi connectivity index (χ3v) is 3.41. The molecule has 6 nitrogen and oxygen atoms in total. The smallest absolute Gasteiger partial charge is 0.208 e. The molecule has 3 rings (SSSR count). The number of tetrazole rings is 1. The zero-order chi connectivity index (χ0) is 13.1. The summed E-state index contributed by atoms with van der Waals surface area (Å²) < 4.78 is 5.33. The molecule has 0 unspecified atom stereocenters. The highest BCUT2D eigenvalue weighted by Crippen LogP contribution is 2.26. The first-order valence-corrected chi connectivity index (χ1v) is 6.52. The molecule has 1 aromatic carbocycles. The number of rotatable bonds is 3. The van der Waals surface area contributed by atoms with Gasteiger partial charge in [-0.3, -0.25) is 0 Å². The second-order valence-corrected chi connectivity index (χ2v) is 4.61. The molecule has 0 aliphatic carbocycles. The summed E-state index contributed by atoms with van der Waals surface area (Å²) in [4.78, 5) is 1.74. The Morgan fingerprint density at radius 1 is 1.26 bits per heavy atom. The minimum absolute atomic E-state index is 0.345. The standard InChI is InChI=1S/C13H17N5O/c1-19-12-5-3-2-4-11(12)13-15-17-18(16-13)10-6-8-14-9-7-10/h2-5,10,14H,6-9H2,1H3. The second kappa shape index (κ2) is 5.36. The maximum absolute atomic E-state index is 5.33. The predicted octanol–water partition coefficient (Wildman–Crippen LogP) is 1.27. The van der Waals surface area contributed by atoms with Gasteiger partial charge in [0.25, 0.3) is 0 Å². The van der Waals surface area contributed by atoms with Crippen molar-refractivity contribution < 1.29 is 4.74 Å². The number of para-hydroxylation sites is 1. The molecule has 19 heavy (non-hydrogen) atoms. The highest BCUT2D eigenvalue weighted by molar-refractivity contribution is 5.63. The fraction of sp³-hybridized carbons (Fsp3) is 0.462. The van der Waals surface area contributed by atoms with E-state index < -0.39 is 0 Å². The predicted molar refractivity (Wildman–Crippen MR) is 70.9 cm³/mol. The Morgan fingerprint density at radius 2 is 2.05 bits per heavy atom. The molecular weight excluding hydrogens is 242 g/mol. The number of piperidine rings is 1. The SMILES string of the molecule is COc1ccccc1-c1nnn(C2CCNCC2)n1. The van der Waals surface area contributed by atoms with Gasteiger partial charge in [-0.15, -0.1) is 10.2 Å². The number of hydrogen-bond donors (Lipinski definition) is 1. The van der Waals surface area contributed by atoms with E-state index in [0.29, 0.717) is 11.9 Å². The number of methoxy groups -OCH3 is 1. The summed E-state index contributed by atoms with van der Waals surface area (Å²) in [6, 6.07) is 8.07. The Labute approximate surface area is 111 Å². The quantitative estimate of drug-likeness (QED) is 0.899. The molecule has 1 N–H and O–H groups in total. The maximum Gasteiger partial charge on any atom is 0.208 e. The van der Waals surface area contributed by atoms with Gasteiger partial charge in [-0.1, -0.05) is 12.1 Å². The van der Waals surface area contributed by atoms with Crippen molar-refractivity contribution in [2.75, 3.05) is 20.2 Å². The fourth-order valence-corrected chi connectivity index (χ4v) is 2.35. The molecule has 0 bridgehead atoms. The van der Waals surface area contributed by atoms with Crippen molar-refractivity contribution in [1.82, 2.24) is 25.5 Å². The van der Waals surface area contributed by atoms with Crippen molar-refractivity contribution in [3.05, 3.63) is 24.3 Å². The van der Waals surface area contributed by atoms with E-state index >= 15 is 0 Å². The number of benzene rings is 1. The van der Waals surface area contributed by atoms with E-state index in [1.54, 1.807) is 11.9 Å². The first-order chi connectivity index (χ1) is 9.38. The van der Waals surface area contributed by atoms with Gasteiger partial charge in [0.2, 0.25) is 5.82 Å². The first-order valence-electron chi connectivity index (χ1n) is 6.52. The Kier molecular flexibility index (Phi) is 3.41. The molecule has 2 heterocycles. The van der Waals surface area contributed by atoms with Crippen molar-refractivity contribution in [3.8, 4) is 17.1 Å². The van der Waals surface area contributed by atoms with Gasteiger partial charge in [-0.05, 0) is 43.3 Å². The fourth-order valence-electron chi connectivity index (χ4n) is 2.35. The van der Waals surface area contributed by atoms with E-state index in [-0.39, 0.29) is 0 Å². The van der Waals surface area contributed by atoms with Crippen LogP contribution in [0.25, 0.3) is 11.4 Å². The molecule has 0 radical (unpaired) electrons. The van der Waals surface area contributed by atoms with Crippen LogP contribution in [0.3, 0.4) is 0 Å². The highest BCUT2D eigenvalue weighted by atomic mass is 16.5. The summed E-state index contributed by atoms with van der Waals surface area (Å²) in [5.74, 6) is 1.39. The van der Waals surface area contributed by atoms with Gasteiger partial charge in [0.15, 0.2) is 0 Å². The van der Waals surface area contributed by atoms with E-state index in [0.717, 1.165) is 37.2 Å². The van der Waals surface area contributed by atoms with E-state index in [9.17, 15) is 0 Å². The number of hydrogen-bond acceptors (Lipinski definition) is 5. The van der Waals surface area contributed by atoms with Gasteiger partial charge in [-0.25, -0.2) is 0 Å². The third kappa shape index (κ3) is 2.44. The van der Waals surface area contributed by atoms with Crippen LogP contribution in [0.15, 0.2) is 24.3 Å². The largest absolute Gasteiger partial charge is 0.496 e.